The summed E-state index contributed by atoms with van der Waals surface area (Å²) in [7, 11) is 1.69. The molecule has 1 aromatic rings. The van der Waals surface area contributed by atoms with E-state index in [0.29, 0.717) is 0 Å². The number of fused-ring (bicyclic) bond motifs is 1. The third kappa shape index (κ3) is 1.47. The Labute approximate surface area is 78.1 Å². The van der Waals surface area contributed by atoms with Crippen molar-refractivity contribution in [2.45, 2.75) is 12.8 Å². The molecular formula is C10H14N2O. The van der Waals surface area contributed by atoms with Crippen molar-refractivity contribution in [2.75, 3.05) is 18.7 Å². The Morgan fingerprint density at radius 3 is 3.08 bits per heavy atom. The van der Waals surface area contributed by atoms with Crippen LogP contribution in [0.25, 0.3) is 0 Å². The summed E-state index contributed by atoms with van der Waals surface area (Å²) < 4.78 is 5.16. The van der Waals surface area contributed by atoms with E-state index < -0.39 is 0 Å². The summed E-state index contributed by atoms with van der Waals surface area (Å²) in [4.78, 5) is 0. The van der Waals surface area contributed by atoms with Crippen LogP contribution in [0.4, 0.5) is 5.69 Å². The first-order valence-electron chi connectivity index (χ1n) is 4.50. The third-order valence-corrected chi connectivity index (χ3v) is 2.44. The lowest BCUT2D eigenvalue weighted by Gasteiger charge is -2.26. The van der Waals surface area contributed by atoms with Crippen molar-refractivity contribution in [3.05, 3.63) is 23.8 Å². The SMILES string of the molecule is COc1ccc2c(c1)CCCN2N. The van der Waals surface area contributed by atoms with Gasteiger partial charge in [0.2, 0.25) is 0 Å². The van der Waals surface area contributed by atoms with Gasteiger partial charge in [0, 0.05) is 6.54 Å². The molecule has 0 atom stereocenters. The molecule has 2 N–H and O–H groups in total. The van der Waals surface area contributed by atoms with Crippen molar-refractivity contribution >= 4 is 5.69 Å². The molecule has 70 valence electrons. The van der Waals surface area contributed by atoms with Crippen molar-refractivity contribution in [1.82, 2.24) is 0 Å². The first-order chi connectivity index (χ1) is 6.31. The molecule has 1 aliphatic heterocycles. The summed E-state index contributed by atoms with van der Waals surface area (Å²) in [6, 6.07) is 6.03. The summed E-state index contributed by atoms with van der Waals surface area (Å²) in [5.74, 6) is 6.74. The Hall–Kier alpha value is -1.22. The molecule has 0 unspecified atom stereocenters. The second-order valence-corrected chi connectivity index (χ2v) is 3.29. The monoisotopic (exact) mass is 178 g/mol. The molecule has 0 amide bonds. The van der Waals surface area contributed by atoms with E-state index in [9.17, 15) is 0 Å². The third-order valence-electron chi connectivity index (χ3n) is 2.44. The van der Waals surface area contributed by atoms with Crippen LogP contribution in [0, 0.1) is 0 Å². The zero-order valence-corrected chi connectivity index (χ0v) is 7.79. The van der Waals surface area contributed by atoms with Crippen molar-refractivity contribution in [3.8, 4) is 5.75 Å². The molecule has 0 saturated carbocycles. The van der Waals surface area contributed by atoms with Crippen LogP contribution >= 0.6 is 0 Å². The minimum absolute atomic E-state index is 0.911. The molecule has 0 aliphatic carbocycles. The van der Waals surface area contributed by atoms with Gasteiger partial charge < -0.3 is 9.75 Å². The quantitative estimate of drug-likeness (QED) is 0.659. The van der Waals surface area contributed by atoms with Crippen LogP contribution in [-0.2, 0) is 6.42 Å². The molecule has 0 fully saturated rings. The highest BCUT2D eigenvalue weighted by molar-refractivity contribution is 5.56. The number of ether oxygens (including phenoxy) is 1. The number of benzene rings is 1. The van der Waals surface area contributed by atoms with Gasteiger partial charge in [-0.05, 0) is 36.6 Å². The van der Waals surface area contributed by atoms with Gasteiger partial charge in [0.15, 0.2) is 0 Å². The lowest BCUT2D eigenvalue weighted by Crippen LogP contribution is -2.35. The Morgan fingerprint density at radius 2 is 2.31 bits per heavy atom. The van der Waals surface area contributed by atoms with E-state index in [1.807, 2.05) is 12.1 Å². The van der Waals surface area contributed by atoms with E-state index in [-0.39, 0.29) is 0 Å². The van der Waals surface area contributed by atoms with Gasteiger partial charge in [0.1, 0.15) is 5.75 Å². The predicted molar refractivity (Wildman–Crippen MR) is 52.8 cm³/mol. The number of aryl methyl sites for hydroxylation is 1. The first kappa shape index (κ1) is 8.38. The van der Waals surface area contributed by atoms with E-state index >= 15 is 0 Å². The molecule has 0 bridgehead atoms. The van der Waals surface area contributed by atoms with Crippen LogP contribution in [-0.4, -0.2) is 13.7 Å². The maximum Gasteiger partial charge on any atom is 0.119 e. The number of nitrogens with two attached hydrogens (primary N) is 1. The maximum atomic E-state index is 5.83. The van der Waals surface area contributed by atoms with Gasteiger partial charge in [-0.25, -0.2) is 5.84 Å². The number of methoxy groups -OCH3 is 1. The number of hydrazine groups is 1. The van der Waals surface area contributed by atoms with Crippen LogP contribution in [0.1, 0.15) is 12.0 Å². The smallest absolute Gasteiger partial charge is 0.119 e. The number of hydrogen-bond donors (Lipinski definition) is 1. The molecule has 1 aliphatic rings. The molecular weight excluding hydrogens is 164 g/mol. The summed E-state index contributed by atoms with van der Waals surface area (Å²) in [5.41, 5.74) is 2.42. The van der Waals surface area contributed by atoms with Gasteiger partial charge in [0.25, 0.3) is 0 Å². The standard InChI is InChI=1S/C10H14N2O/c1-13-9-4-5-10-8(7-9)3-2-6-12(10)11/h4-5,7H,2-3,6,11H2,1H3. The average Bonchev–Trinajstić information content (AvgIpc) is 2.18. The zero-order valence-electron chi connectivity index (χ0n) is 7.79. The van der Waals surface area contributed by atoms with Crippen LogP contribution in [0.5, 0.6) is 5.75 Å². The van der Waals surface area contributed by atoms with E-state index in [4.69, 9.17) is 10.6 Å². The molecule has 0 saturated heterocycles. The minimum Gasteiger partial charge on any atom is -0.497 e. The van der Waals surface area contributed by atoms with E-state index in [1.165, 1.54) is 5.56 Å². The van der Waals surface area contributed by atoms with Gasteiger partial charge in [-0.15, -0.1) is 0 Å². The van der Waals surface area contributed by atoms with Crippen LogP contribution in [0.15, 0.2) is 18.2 Å². The zero-order chi connectivity index (χ0) is 9.26. The second-order valence-electron chi connectivity index (χ2n) is 3.29. The number of anilines is 1. The Balaban J connectivity index is 2.39. The molecule has 0 radical (unpaired) electrons. The molecule has 0 aromatic heterocycles. The van der Waals surface area contributed by atoms with Crippen molar-refractivity contribution in [2.24, 2.45) is 5.84 Å². The fourth-order valence-corrected chi connectivity index (χ4v) is 1.73. The molecule has 2 rings (SSSR count). The molecule has 3 nitrogen and oxygen atoms in total. The Bertz CT molecular complexity index is 312. The minimum atomic E-state index is 0.911. The predicted octanol–water partition coefficient (Wildman–Crippen LogP) is 1.32. The largest absolute Gasteiger partial charge is 0.497 e. The fraction of sp³-hybridized carbons (Fsp3) is 0.400. The molecule has 1 heterocycles. The molecule has 1 aromatic carbocycles. The number of nitrogens with zero attached hydrogens (tertiary/aromatic N) is 1. The van der Waals surface area contributed by atoms with E-state index in [0.717, 1.165) is 30.8 Å². The van der Waals surface area contributed by atoms with Gasteiger partial charge in [-0.2, -0.15) is 0 Å². The molecule has 3 heteroatoms. The molecule has 13 heavy (non-hydrogen) atoms. The van der Waals surface area contributed by atoms with E-state index in [1.54, 1.807) is 12.1 Å². The van der Waals surface area contributed by atoms with Crippen LogP contribution < -0.4 is 15.6 Å². The Morgan fingerprint density at radius 1 is 1.46 bits per heavy atom. The normalized spacial score (nSPS) is 15.4. The van der Waals surface area contributed by atoms with Gasteiger partial charge in [-0.1, -0.05) is 0 Å². The van der Waals surface area contributed by atoms with Crippen molar-refractivity contribution in [3.63, 3.8) is 0 Å². The highest BCUT2D eigenvalue weighted by atomic mass is 16.5. The topological polar surface area (TPSA) is 38.5 Å². The van der Waals surface area contributed by atoms with Crippen LogP contribution in [0.3, 0.4) is 0 Å². The summed E-state index contributed by atoms with van der Waals surface area (Å²) in [6.07, 6.45) is 2.22. The van der Waals surface area contributed by atoms with Crippen molar-refractivity contribution in [1.29, 1.82) is 0 Å². The summed E-state index contributed by atoms with van der Waals surface area (Å²) >= 11 is 0. The fourth-order valence-electron chi connectivity index (χ4n) is 1.73. The lowest BCUT2D eigenvalue weighted by atomic mass is 10.0. The van der Waals surface area contributed by atoms with Gasteiger partial charge >= 0.3 is 0 Å². The van der Waals surface area contributed by atoms with E-state index in [2.05, 4.69) is 6.07 Å². The first-order valence-corrected chi connectivity index (χ1v) is 4.50. The number of rotatable bonds is 1. The van der Waals surface area contributed by atoms with Crippen molar-refractivity contribution < 1.29 is 4.74 Å². The number of hydrogen-bond acceptors (Lipinski definition) is 3. The highest BCUT2D eigenvalue weighted by Gasteiger charge is 2.13. The lowest BCUT2D eigenvalue weighted by molar-refractivity contribution is 0.414. The summed E-state index contributed by atoms with van der Waals surface area (Å²) in [6.45, 7) is 0.944. The maximum absolute atomic E-state index is 5.83. The summed E-state index contributed by atoms with van der Waals surface area (Å²) in [5, 5.41) is 1.80. The van der Waals surface area contributed by atoms with Gasteiger partial charge in [-0.3, -0.25) is 0 Å². The second kappa shape index (κ2) is 3.26. The highest BCUT2D eigenvalue weighted by Crippen LogP contribution is 2.28. The Kier molecular flexibility index (Phi) is 2.10. The van der Waals surface area contributed by atoms with Gasteiger partial charge in [0.05, 0.1) is 12.8 Å². The molecule has 0 spiro atoms. The average molecular weight is 178 g/mol. The van der Waals surface area contributed by atoms with Crippen LogP contribution in [0.2, 0.25) is 0 Å².